The van der Waals surface area contributed by atoms with Gasteiger partial charge in [0.1, 0.15) is 11.1 Å². The summed E-state index contributed by atoms with van der Waals surface area (Å²) < 4.78 is 0. The topological polar surface area (TPSA) is 53.8 Å². The predicted molar refractivity (Wildman–Crippen MR) is 94.0 cm³/mol. The van der Waals surface area contributed by atoms with Crippen molar-refractivity contribution >= 4 is 29.1 Å². The van der Waals surface area contributed by atoms with Crippen LogP contribution in [0, 0.1) is 17.2 Å². The Hall–Kier alpha value is -1.83. The van der Waals surface area contributed by atoms with Crippen LogP contribution in [0.4, 0.5) is 0 Å². The molecule has 118 valence electrons. The second kappa shape index (κ2) is 8.14. The standard InChI is InChI=1S/C18H17ClN2OS/c1-12(2)9-16-8-5-14(10-20)18(21-16)23-11-17(22)13-3-6-15(19)7-4-13/h3-8,12H,9,11H2,1-2H3. The zero-order valence-corrected chi connectivity index (χ0v) is 14.6. The van der Waals surface area contributed by atoms with E-state index >= 15 is 0 Å². The lowest BCUT2D eigenvalue weighted by Gasteiger charge is -2.08. The van der Waals surface area contributed by atoms with Gasteiger partial charge in [0.05, 0.1) is 11.3 Å². The molecule has 0 unspecified atom stereocenters. The van der Waals surface area contributed by atoms with E-state index in [0.717, 1.165) is 12.1 Å². The molecule has 0 aliphatic rings. The highest BCUT2D eigenvalue weighted by Gasteiger charge is 2.12. The van der Waals surface area contributed by atoms with E-state index < -0.39 is 0 Å². The summed E-state index contributed by atoms with van der Waals surface area (Å²) in [6.45, 7) is 4.24. The number of thioether (sulfide) groups is 1. The monoisotopic (exact) mass is 344 g/mol. The van der Waals surface area contributed by atoms with E-state index in [4.69, 9.17) is 11.6 Å². The number of carbonyl (C=O) groups is 1. The maximum absolute atomic E-state index is 12.2. The molecule has 0 amide bonds. The summed E-state index contributed by atoms with van der Waals surface area (Å²) in [5, 5.41) is 10.4. The highest BCUT2D eigenvalue weighted by atomic mass is 35.5. The van der Waals surface area contributed by atoms with Gasteiger partial charge in [-0.25, -0.2) is 4.98 Å². The Morgan fingerprint density at radius 3 is 2.57 bits per heavy atom. The number of nitrogens with zero attached hydrogens (tertiary/aromatic N) is 2. The van der Waals surface area contributed by atoms with Gasteiger partial charge in [0, 0.05) is 16.3 Å². The summed E-state index contributed by atoms with van der Waals surface area (Å²) >= 11 is 7.13. The van der Waals surface area contributed by atoms with Crippen LogP contribution in [-0.2, 0) is 6.42 Å². The Kier molecular flexibility index (Phi) is 6.20. The number of ketones is 1. The molecule has 23 heavy (non-hydrogen) atoms. The number of rotatable bonds is 6. The molecule has 0 saturated heterocycles. The van der Waals surface area contributed by atoms with Gasteiger partial charge in [-0.3, -0.25) is 4.79 Å². The van der Waals surface area contributed by atoms with Gasteiger partial charge in [-0.15, -0.1) is 0 Å². The first-order valence-corrected chi connectivity index (χ1v) is 8.67. The highest BCUT2D eigenvalue weighted by Crippen LogP contribution is 2.23. The fourth-order valence-corrected chi connectivity index (χ4v) is 3.07. The molecule has 1 aromatic heterocycles. The zero-order valence-electron chi connectivity index (χ0n) is 13.0. The average Bonchev–Trinajstić information content (AvgIpc) is 2.53. The fourth-order valence-electron chi connectivity index (χ4n) is 2.06. The van der Waals surface area contributed by atoms with Gasteiger partial charge in [0.2, 0.25) is 0 Å². The molecule has 0 saturated carbocycles. The minimum absolute atomic E-state index is 0.00776. The second-order valence-corrected chi connectivity index (χ2v) is 6.98. The number of aromatic nitrogens is 1. The quantitative estimate of drug-likeness (QED) is 0.559. The Labute approximate surface area is 145 Å². The smallest absolute Gasteiger partial charge is 0.173 e. The number of hydrogen-bond donors (Lipinski definition) is 0. The van der Waals surface area contributed by atoms with Crippen molar-refractivity contribution in [2.75, 3.05) is 5.75 Å². The SMILES string of the molecule is CC(C)Cc1ccc(C#N)c(SCC(=O)c2ccc(Cl)cc2)n1. The molecule has 0 bridgehead atoms. The number of carbonyl (C=O) groups excluding carboxylic acids is 1. The van der Waals surface area contributed by atoms with Crippen molar-refractivity contribution in [2.45, 2.75) is 25.3 Å². The Bertz CT molecular complexity index is 736. The molecule has 0 aliphatic heterocycles. The summed E-state index contributed by atoms with van der Waals surface area (Å²) in [5.74, 6) is 0.727. The van der Waals surface area contributed by atoms with Gasteiger partial charge in [0.25, 0.3) is 0 Å². The third-order valence-electron chi connectivity index (χ3n) is 3.16. The summed E-state index contributed by atoms with van der Waals surface area (Å²) in [4.78, 5) is 16.7. The number of benzene rings is 1. The average molecular weight is 345 g/mol. The van der Waals surface area contributed by atoms with Crippen LogP contribution in [0.15, 0.2) is 41.4 Å². The molecule has 2 rings (SSSR count). The first-order valence-electron chi connectivity index (χ1n) is 7.31. The van der Waals surface area contributed by atoms with E-state index in [1.807, 2.05) is 6.07 Å². The van der Waals surface area contributed by atoms with Crippen molar-refractivity contribution in [2.24, 2.45) is 5.92 Å². The normalized spacial score (nSPS) is 10.6. The molecular formula is C18H17ClN2OS. The minimum Gasteiger partial charge on any atom is -0.293 e. The van der Waals surface area contributed by atoms with Crippen LogP contribution in [0.25, 0.3) is 0 Å². The lowest BCUT2D eigenvalue weighted by molar-refractivity contribution is 0.102. The van der Waals surface area contributed by atoms with E-state index in [1.54, 1.807) is 30.3 Å². The molecule has 0 radical (unpaired) electrons. The van der Waals surface area contributed by atoms with Crippen molar-refractivity contribution in [3.63, 3.8) is 0 Å². The van der Waals surface area contributed by atoms with E-state index in [1.165, 1.54) is 11.8 Å². The molecule has 0 fully saturated rings. The lowest BCUT2D eigenvalue weighted by Crippen LogP contribution is -2.04. The van der Waals surface area contributed by atoms with Crippen LogP contribution in [0.1, 0.15) is 35.5 Å². The number of pyridine rings is 1. The number of halogens is 1. The van der Waals surface area contributed by atoms with Crippen LogP contribution < -0.4 is 0 Å². The van der Waals surface area contributed by atoms with E-state index in [2.05, 4.69) is 24.9 Å². The van der Waals surface area contributed by atoms with Gasteiger partial charge < -0.3 is 0 Å². The number of Topliss-reactive ketones (excluding diaryl/α,β-unsaturated/α-hetero) is 1. The lowest BCUT2D eigenvalue weighted by atomic mass is 10.1. The Balaban J connectivity index is 2.11. The largest absolute Gasteiger partial charge is 0.293 e. The maximum atomic E-state index is 12.2. The van der Waals surface area contributed by atoms with Gasteiger partial charge in [0.15, 0.2) is 5.78 Å². The number of hydrogen-bond acceptors (Lipinski definition) is 4. The Morgan fingerprint density at radius 2 is 1.96 bits per heavy atom. The summed E-state index contributed by atoms with van der Waals surface area (Å²) in [7, 11) is 0. The minimum atomic E-state index is -0.00776. The molecule has 5 heteroatoms. The van der Waals surface area contributed by atoms with Gasteiger partial charge in [-0.05, 0) is 48.7 Å². The molecule has 0 spiro atoms. The maximum Gasteiger partial charge on any atom is 0.173 e. The van der Waals surface area contributed by atoms with E-state index in [0.29, 0.717) is 27.1 Å². The summed E-state index contributed by atoms with van der Waals surface area (Å²) in [6, 6.07) is 12.6. The highest BCUT2D eigenvalue weighted by molar-refractivity contribution is 8.00. The Morgan fingerprint density at radius 1 is 1.26 bits per heavy atom. The molecule has 0 aliphatic carbocycles. The van der Waals surface area contributed by atoms with Crippen molar-refractivity contribution in [3.05, 3.63) is 58.2 Å². The first-order chi connectivity index (χ1) is 11.0. The zero-order chi connectivity index (χ0) is 16.8. The van der Waals surface area contributed by atoms with Gasteiger partial charge in [-0.1, -0.05) is 37.2 Å². The van der Waals surface area contributed by atoms with Gasteiger partial charge in [-0.2, -0.15) is 5.26 Å². The third kappa shape index (κ3) is 5.09. The third-order valence-corrected chi connectivity index (χ3v) is 4.41. The second-order valence-electron chi connectivity index (χ2n) is 5.58. The summed E-state index contributed by atoms with van der Waals surface area (Å²) in [6.07, 6.45) is 0.852. The van der Waals surface area contributed by atoms with Gasteiger partial charge >= 0.3 is 0 Å². The van der Waals surface area contributed by atoms with Crippen LogP contribution in [0.2, 0.25) is 5.02 Å². The first kappa shape index (κ1) is 17.5. The van der Waals surface area contributed by atoms with Crippen molar-refractivity contribution in [1.82, 2.24) is 4.98 Å². The molecular weight excluding hydrogens is 328 g/mol. The van der Waals surface area contributed by atoms with E-state index in [-0.39, 0.29) is 11.5 Å². The molecule has 1 heterocycles. The molecule has 0 N–H and O–H groups in total. The molecule has 1 aromatic carbocycles. The van der Waals surface area contributed by atoms with Crippen LogP contribution in [0.3, 0.4) is 0 Å². The predicted octanol–water partition coefficient (Wildman–Crippen LogP) is 4.78. The number of nitriles is 1. The fraction of sp³-hybridized carbons (Fsp3) is 0.278. The van der Waals surface area contributed by atoms with Crippen molar-refractivity contribution < 1.29 is 4.79 Å². The molecule has 3 nitrogen and oxygen atoms in total. The van der Waals surface area contributed by atoms with Crippen molar-refractivity contribution in [1.29, 1.82) is 5.26 Å². The van der Waals surface area contributed by atoms with Crippen LogP contribution >= 0.6 is 23.4 Å². The summed E-state index contributed by atoms with van der Waals surface area (Å²) in [5.41, 5.74) is 2.06. The van der Waals surface area contributed by atoms with E-state index in [9.17, 15) is 10.1 Å². The molecule has 0 atom stereocenters. The molecule has 2 aromatic rings. The van der Waals surface area contributed by atoms with Crippen LogP contribution in [-0.4, -0.2) is 16.5 Å². The van der Waals surface area contributed by atoms with Crippen LogP contribution in [0.5, 0.6) is 0 Å². The van der Waals surface area contributed by atoms with Crippen molar-refractivity contribution in [3.8, 4) is 6.07 Å².